The number of allylic oxidation sites excluding steroid dienone is 1. The molecule has 1 atom stereocenters. The Labute approximate surface area is 195 Å². The molecule has 176 valence electrons. The highest BCUT2D eigenvalue weighted by Crippen LogP contribution is 2.37. The second-order valence-electron chi connectivity index (χ2n) is 7.17. The van der Waals surface area contributed by atoms with Gasteiger partial charge in [0, 0.05) is 6.07 Å². The normalized spacial score (nSPS) is 15.6. The van der Waals surface area contributed by atoms with Crippen molar-refractivity contribution in [2.45, 2.75) is 19.9 Å². The highest BCUT2D eigenvalue weighted by atomic mass is 32.1. The summed E-state index contributed by atoms with van der Waals surface area (Å²) in [6, 6.07) is 4.91. The molecule has 0 radical (unpaired) electrons. The Morgan fingerprint density at radius 1 is 1.44 bits per heavy atom. The van der Waals surface area contributed by atoms with E-state index in [0.29, 0.717) is 16.3 Å². The number of furan rings is 1. The van der Waals surface area contributed by atoms with Gasteiger partial charge in [-0.25, -0.2) is 9.79 Å². The average molecular weight is 485 g/mol. The number of esters is 1. The van der Waals surface area contributed by atoms with Gasteiger partial charge in [0.25, 0.3) is 5.56 Å². The average Bonchev–Trinajstić information content (AvgIpc) is 3.42. The molecule has 1 aliphatic heterocycles. The number of ether oxygens (including phenoxy) is 2. The van der Waals surface area contributed by atoms with Crippen molar-refractivity contribution in [2.75, 3.05) is 13.7 Å². The van der Waals surface area contributed by atoms with E-state index in [4.69, 9.17) is 13.9 Å². The van der Waals surface area contributed by atoms with E-state index in [1.807, 2.05) is 0 Å². The van der Waals surface area contributed by atoms with Crippen LogP contribution < -0.4 is 19.6 Å². The summed E-state index contributed by atoms with van der Waals surface area (Å²) in [6.07, 6.45) is 2.87. The first-order valence-corrected chi connectivity index (χ1v) is 10.9. The molecule has 0 fully saturated rings. The first kappa shape index (κ1) is 23.0. The fourth-order valence-corrected chi connectivity index (χ4v) is 4.70. The maximum Gasteiger partial charge on any atom is 0.338 e. The van der Waals surface area contributed by atoms with Crippen molar-refractivity contribution in [3.8, 4) is 11.5 Å². The van der Waals surface area contributed by atoms with Gasteiger partial charge in [0.05, 0.1) is 40.7 Å². The second-order valence-corrected chi connectivity index (χ2v) is 8.17. The fourth-order valence-electron chi connectivity index (χ4n) is 3.65. The van der Waals surface area contributed by atoms with Crippen LogP contribution in [-0.4, -0.2) is 34.3 Å². The van der Waals surface area contributed by atoms with Crippen LogP contribution in [0.1, 0.15) is 31.2 Å². The molecular formula is C22H19N3O8S. The van der Waals surface area contributed by atoms with Gasteiger partial charge in [-0.15, -0.1) is 0 Å². The predicted molar refractivity (Wildman–Crippen MR) is 120 cm³/mol. The summed E-state index contributed by atoms with van der Waals surface area (Å²) < 4.78 is 17.3. The monoisotopic (exact) mass is 485 g/mol. The molecule has 3 aromatic rings. The van der Waals surface area contributed by atoms with Crippen molar-refractivity contribution < 1.29 is 28.7 Å². The van der Waals surface area contributed by atoms with E-state index < -0.39 is 33.9 Å². The third kappa shape index (κ3) is 3.88. The zero-order valence-corrected chi connectivity index (χ0v) is 19.1. The van der Waals surface area contributed by atoms with Gasteiger partial charge in [0.1, 0.15) is 11.8 Å². The molecule has 1 aromatic carbocycles. The van der Waals surface area contributed by atoms with Gasteiger partial charge in [-0.1, -0.05) is 11.3 Å². The van der Waals surface area contributed by atoms with Crippen molar-refractivity contribution in [3.63, 3.8) is 0 Å². The first-order valence-electron chi connectivity index (χ1n) is 10.0. The van der Waals surface area contributed by atoms with E-state index in [1.54, 1.807) is 26.0 Å². The van der Waals surface area contributed by atoms with E-state index in [1.165, 1.54) is 30.1 Å². The van der Waals surface area contributed by atoms with Crippen LogP contribution in [0.5, 0.6) is 11.5 Å². The number of nitro benzene ring substituents is 1. The molecule has 12 heteroatoms. The number of carbonyl (C=O) groups excluding carboxylic acids is 1. The van der Waals surface area contributed by atoms with Gasteiger partial charge in [-0.3, -0.25) is 19.5 Å². The van der Waals surface area contributed by atoms with Gasteiger partial charge in [-0.05, 0) is 43.7 Å². The Morgan fingerprint density at radius 2 is 2.21 bits per heavy atom. The van der Waals surface area contributed by atoms with Gasteiger partial charge in [0.2, 0.25) is 5.75 Å². The summed E-state index contributed by atoms with van der Waals surface area (Å²) in [6.45, 7) is 3.47. The summed E-state index contributed by atoms with van der Waals surface area (Å²) in [5, 5.41) is 21.3. The molecular weight excluding hydrogens is 466 g/mol. The largest absolute Gasteiger partial charge is 0.500 e. The predicted octanol–water partition coefficient (Wildman–Crippen LogP) is 2.01. The molecule has 2 aromatic heterocycles. The quantitative estimate of drug-likeness (QED) is 0.317. The molecule has 34 heavy (non-hydrogen) atoms. The number of nitro groups is 1. The molecule has 0 spiro atoms. The number of aromatic nitrogens is 1. The Kier molecular flexibility index (Phi) is 6.07. The van der Waals surface area contributed by atoms with Gasteiger partial charge in [0.15, 0.2) is 10.6 Å². The van der Waals surface area contributed by atoms with Crippen molar-refractivity contribution in [1.82, 2.24) is 4.57 Å². The molecule has 1 aliphatic rings. The molecule has 0 aliphatic carbocycles. The topological polar surface area (TPSA) is 146 Å². The van der Waals surface area contributed by atoms with Crippen molar-refractivity contribution >= 4 is 29.1 Å². The lowest BCUT2D eigenvalue weighted by Crippen LogP contribution is -2.39. The summed E-state index contributed by atoms with van der Waals surface area (Å²) >= 11 is 1.05. The molecule has 0 bridgehead atoms. The van der Waals surface area contributed by atoms with Crippen LogP contribution in [0.3, 0.4) is 0 Å². The number of benzene rings is 1. The minimum Gasteiger partial charge on any atom is -0.500 e. The molecule has 1 unspecified atom stereocenters. The molecule has 0 amide bonds. The van der Waals surface area contributed by atoms with Crippen LogP contribution in [0, 0.1) is 10.1 Å². The maximum absolute atomic E-state index is 13.4. The molecule has 11 nitrogen and oxygen atoms in total. The number of aromatic hydroxyl groups is 1. The second kappa shape index (κ2) is 8.98. The Balaban J connectivity index is 1.94. The van der Waals surface area contributed by atoms with Crippen LogP contribution >= 0.6 is 11.3 Å². The van der Waals surface area contributed by atoms with Crippen molar-refractivity contribution in [1.29, 1.82) is 0 Å². The number of carbonyl (C=O) groups is 1. The van der Waals surface area contributed by atoms with Gasteiger partial charge >= 0.3 is 11.7 Å². The van der Waals surface area contributed by atoms with Gasteiger partial charge in [-0.2, -0.15) is 0 Å². The highest BCUT2D eigenvalue weighted by molar-refractivity contribution is 7.07. The lowest BCUT2D eigenvalue weighted by Gasteiger charge is -2.22. The molecule has 0 saturated carbocycles. The van der Waals surface area contributed by atoms with Crippen molar-refractivity contribution in [3.05, 3.63) is 82.9 Å². The van der Waals surface area contributed by atoms with E-state index in [0.717, 1.165) is 17.4 Å². The number of phenolic OH excluding ortho intramolecular Hbond substituents is 1. The van der Waals surface area contributed by atoms with E-state index in [-0.39, 0.29) is 28.0 Å². The standard InChI is InChI=1S/C22H19N3O8S/c1-4-32-21(28)17-11(2)23-22-24(18(17)14-6-5-7-33-14)20(27)16(34-22)10-12-8-13(25(29)30)19(26)15(9-12)31-3/h5-10,18,26H,4H2,1-3H3. The van der Waals surface area contributed by atoms with E-state index in [2.05, 4.69) is 4.99 Å². The fraction of sp³-hybridized carbons (Fsp3) is 0.227. The zero-order valence-electron chi connectivity index (χ0n) is 18.3. The molecule has 1 N–H and O–H groups in total. The summed E-state index contributed by atoms with van der Waals surface area (Å²) in [4.78, 5) is 41.5. The number of phenols is 1. The Bertz CT molecular complexity index is 1500. The zero-order chi connectivity index (χ0) is 24.6. The van der Waals surface area contributed by atoms with E-state index in [9.17, 15) is 24.8 Å². The molecule has 0 saturated heterocycles. The lowest BCUT2D eigenvalue weighted by atomic mass is 10.0. The van der Waals surface area contributed by atoms with E-state index >= 15 is 0 Å². The Hall–Kier alpha value is -4.19. The number of rotatable bonds is 6. The number of methoxy groups -OCH3 is 1. The number of hydrogen-bond donors (Lipinski definition) is 1. The number of nitrogens with zero attached hydrogens (tertiary/aromatic N) is 3. The lowest BCUT2D eigenvalue weighted by molar-refractivity contribution is -0.386. The summed E-state index contributed by atoms with van der Waals surface area (Å²) in [5.74, 6) is -0.981. The van der Waals surface area contributed by atoms with Crippen LogP contribution in [0.15, 0.2) is 56.0 Å². The first-order chi connectivity index (χ1) is 16.3. The minimum absolute atomic E-state index is 0.109. The van der Waals surface area contributed by atoms with Crippen LogP contribution in [0.4, 0.5) is 5.69 Å². The SMILES string of the molecule is CCOC(=O)C1=C(C)N=c2sc(=Cc3cc(OC)c(O)c([N+](=O)[O-])c3)c(=O)n2C1c1ccco1. The molecule has 3 heterocycles. The smallest absolute Gasteiger partial charge is 0.338 e. The minimum atomic E-state index is -0.892. The molecule has 4 rings (SSSR count). The van der Waals surface area contributed by atoms with Gasteiger partial charge < -0.3 is 19.0 Å². The highest BCUT2D eigenvalue weighted by Gasteiger charge is 2.35. The maximum atomic E-state index is 13.4. The Morgan fingerprint density at radius 3 is 2.82 bits per heavy atom. The number of hydrogen-bond acceptors (Lipinski definition) is 10. The van der Waals surface area contributed by atoms with Crippen LogP contribution in [0.2, 0.25) is 0 Å². The number of thiazole rings is 1. The third-order valence-electron chi connectivity index (χ3n) is 5.12. The van der Waals surface area contributed by atoms with Crippen molar-refractivity contribution in [2.24, 2.45) is 4.99 Å². The third-order valence-corrected chi connectivity index (χ3v) is 6.10. The number of fused-ring (bicyclic) bond motifs is 1. The van der Waals surface area contributed by atoms with Crippen LogP contribution in [0.25, 0.3) is 6.08 Å². The summed E-state index contributed by atoms with van der Waals surface area (Å²) in [7, 11) is 1.26. The van der Waals surface area contributed by atoms with Crippen LogP contribution in [-0.2, 0) is 9.53 Å². The summed E-state index contributed by atoms with van der Waals surface area (Å²) in [5.41, 5.74) is -0.212.